The molecule has 189 valence electrons. The Labute approximate surface area is 224 Å². The molecule has 2 aromatic carbocycles. The summed E-state index contributed by atoms with van der Waals surface area (Å²) in [5, 5.41) is 16.9. The molecule has 3 aromatic rings. The van der Waals surface area contributed by atoms with Gasteiger partial charge in [-0.15, -0.1) is 29.3 Å². The summed E-state index contributed by atoms with van der Waals surface area (Å²) in [5.74, 6) is 0.162. The fourth-order valence-corrected chi connectivity index (χ4v) is 5.03. The molecule has 1 heterocycles. The van der Waals surface area contributed by atoms with Gasteiger partial charge in [-0.05, 0) is 50.1 Å². The number of nitrogens with zero attached hydrogens (tertiary/aromatic N) is 1. The second kappa shape index (κ2) is 13.7. The molecule has 0 saturated heterocycles. The van der Waals surface area contributed by atoms with Gasteiger partial charge in [0.1, 0.15) is 0 Å². The fourth-order valence-electron chi connectivity index (χ4n) is 5.03. The van der Waals surface area contributed by atoms with E-state index in [1.807, 2.05) is 12.3 Å². The molecule has 0 fully saturated rings. The summed E-state index contributed by atoms with van der Waals surface area (Å²) in [5.41, 5.74) is 8.05. The summed E-state index contributed by atoms with van der Waals surface area (Å²) in [6, 6.07) is 23.2. The Morgan fingerprint density at radius 3 is 2.20 bits per heavy atom. The molecule has 1 radical (unpaired) electrons. The molecule has 1 aromatic heterocycles. The minimum Gasteiger partial charge on any atom is -0.513 e. The van der Waals surface area contributed by atoms with E-state index in [9.17, 15) is 0 Å². The Kier molecular flexibility index (Phi) is 11.4. The molecule has 1 aliphatic rings. The van der Waals surface area contributed by atoms with E-state index < -0.39 is 6.10 Å². The van der Waals surface area contributed by atoms with Crippen LogP contribution in [0.4, 0.5) is 0 Å². The fraction of sp³-hybridized carbons (Fsp3) is 0.387. The minimum absolute atomic E-state index is 0. The van der Waals surface area contributed by atoms with Crippen molar-refractivity contribution in [2.24, 2.45) is 0 Å². The largest absolute Gasteiger partial charge is 0.513 e. The Hall–Kier alpha value is -2.26. The van der Waals surface area contributed by atoms with Gasteiger partial charge < -0.3 is 15.2 Å². The summed E-state index contributed by atoms with van der Waals surface area (Å²) >= 11 is 0. The van der Waals surface area contributed by atoms with E-state index in [0.29, 0.717) is 0 Å². The number of aromatic nitrogens is 1. The van der Waals surface area contributed by atoms with Gasteiger partial charge in [0.25, 0.3) is 0 Å². The molecule has 1 unspecified atom stereocenters. The summed E-state index contributed by atoms with van der Waals surface area (Å²) in [6.07, 6.45) is 10.1. The smallest absolute Gasteiger partial charge is 0.0877 e. The molecule has 2 N–H and O–H groups in total. The van der Waals surface area contributed by atoms with Crippen LogP contribution in [-0.2, 0) is 25.5 Å². The number of hydrogen-bond acceptors (Lipinski definition) is 3. The molecule has 0 spiro atoms. The van der Waals surface area contributed by atoms with Crippen molar-refractivity contribution in [2.75, 3.05) is 0 Å². The number of allylic oxidation sites excluding steroid dienone is 1. The first-order valence-electron chi connectivity index (χ1n) is 12.6. The maximum Gasteiger partial charge on any atom is 0.0877 e. The number of benzene rings is 2. The number of rotatable bonds is 8. The molecule has 35 heavy (non-hydrogen) atoms. The van der Waals surface area contributed by atoms with Gasteiger partial charge in [0.2, 0.25) is 0 Å². The van der Waals surface area contributed by atoms with Crippen LogP contribution in [0.5, 0.6) is 0 Å². The molecule has 1 aliphatic carbocycles. The normalized spacial score (nSPS) is 14.1. The number of fused-ring (bicyclic) bond motifs is 3. The van der Waals surface area contributed by atoms with E-state index in [1.165, 1.54) is 73.8 Å². The maximum absolute atomic E-state index is 8.49. The average Bonchev–Trinajstić information content (AvgIpc) is 3.11. The summed E-state index contributed by atoms with van der Waals surface area (Å²) < 4.78 is 0. The van der Waals surface area contributed by atoms with Crippen LogP contribution < -0.4 is 0 Å². The van der Waals surface area contributed by atoms with Crippen molar-refractivity contribution >= 4 is 0 Å². The van der Waals surface area contributed by atoms with Crippen LogP contribution in [-0.4, -0.2) is 21.3 Å². The predicted octanol–water partition coefficient (Wildman–Crippen LogP) is 8.02. The van der Waals surface area contributed by atoms with Gasteiger partial charge in [-0.1, -0.05) is 87.1 Å². The van der Waals surface area contributed by atoms with Gasteiger partial charge >= 0.3 is 0 Å². The molecule has 0 amide bonds. The van der Waals surface area contributed by atoms with Crippen LogP contribution in [0.2, 0.25) is 0 Å². The summed E-state index contributed by atoms with van der Waals surface area (Å²) in [7, 11) is 0. The number of unbranched alkanes of at least 4 members (excludes halogenated alkanes) is 2. The first-order valence-corrected chi connectivity index (χ1v) is 12.6. The topological polar surface area (TPSA) is 53.4 Å². The van der Waals surface area contributed by atoms with Crippen LogP contribution in [0, 0.1) is 6.07 Å². The molecule has 1 atom stereocenters. The maximum atomic E-state index is 8.49. The van der Waals surface area contributed by atoms with Gasteiger partial charge in [-0.25, -0.2) is 0 Å². The zero-order chi connectivity index (χ0) is 24.6. The second-order valence-electron chi connectivity index (χ2n) is 9.27. The zero-order valence-electron chi connectivity index (χ0n) is 21.3. The third-order valence-corrected chi connectivity index (χ3v) is 6.54. The van der Waals surface area contributed by atoms with E-state index in [0.717, 1.165) is 11.3 Å². The first-order chi connectivity index (χ1) is 16.4. The number of aliphatic hydroxyl groups excluding tert-OH is 2. The van der Waals surface area contributed by atoms with Gasteiger partial charge in [0.15, 0.2) is 0 Å². The van der Waals surface area contributed by atoms with Gasteiger partial charge in [-0.2, -0.15) is 0 Å². The average molecular weight is 649 g/mol. The number of pyridine rings is 1. The summed E-state index contributed by atoms with van der Waals surface area (Å²) in [6.45, 7) is 7.70. The van der Waals surface area contributed by atoms with Gasteiger partial charge in [-0.3, -0.25) is 0 Å². The van der Waals surface area contributed by atoms with Gasteiger partial charge in [0, 0.05) is 31.7 Å². The van der Waals surface area contributed by atoms with Crippen LogP contribution >= 0.6 is 0 Å². The number of hydrogen-bond donors (Lipinski definition) is 2. The third-order valence-electron chi connectivity index (χ3n) is 6.54. The Bertz CT molecular complexity index is 1080. The second-order valence-corrected chi connectivity index (χ2v) is 9.27. The molecular formula is C31H38IrNO2-. The van der Waals surface area contributed by atoms with Crippen LogP contribution in [0.15, 0.2) is 72.6 Å². The van der Waals surface area contributed by atoms with Crippen LogP contribution in [0.3, 0.4) is 0 Å². The van der Waals surface area contributed by atoms with Crippen molar-refractivity contribution in [1.82, 2.24) is 4.98 Å². The summed E-state index contributed by atoms with van der Waals surface area (Å²) in [4.78, 5) is 4.56. The molecule has 4 heteroatoms. The van der Waals surface area contributed by atoms with E-state index in [-0.39, 0.29) is 31.3 Å². The zero-order valence-corrected chi connectivity index (χ0v) is 23.7. The Morgan fingerprint density at radius 2 is 1.66 bits per heavy atom. The van der Waals surface area contributed by atoms with Crippen molar-refractivity contribution in [3.8, 4) is 22.4 Å². The standard InChI is InChI=1S/C26H28N.C5H10O2.Ir/c1-3-5-16-26(17-6-4-2)23-12-8-7-11-21(23)22-15-14-20(19-24(22)26)25-13-9-10-18-27-25;1-4(6)3-5(2)7;/h7-13,15,18-19H,3-6,16-17H2,1-2H3;3-4,6-7H,1-2H3;/q-1;;/b;5-3-;. The molecular weight excluding hydrogens is 611 g/mol. The monoisotopic (exact) mass is 649 g/mol. The molecule has 0 saturated carbocycles. The number of aliphatic hydroxyl groups is 2. The minimum atomic E-state index is -0.537. The first kappa shape index (κ1) is 29.0. The van der Waals surface area contributed by atoms with Crippen LogP contribution in [0.1, 0.15) is 77.3 Å². The molecule has 0 bridgehead atoms. The van der Waals surface area contributed by atoms with E-state index in [2.05, 4.69) is 73.4 Å². The third kappa shape index (κ3) is 6.91. The van der Waals surface area contributed by atoms with Crippen molar-refractivity contribution in [2.45, 2.75) is 77.7 Å². The van der Waals surface area contributed by atoms with Crippen molar-refractivity contribution in [3.63, 3.8) is 0 Å². The van der Waals surface area contributed by atoms with Crippen LogP contribution in [0.25, 0.3) is 22.4 Å². The Morgan fingerprint density at radius 1 is 1.00 bits per heavy atom. The van der Waals surface area contributed by atoms with E-state index in [1.54, 1.807) is 6.92 Å². The SMILES string of the molecule is C/C(O)=C/C(C)O.CCCCC1(CCCC)c2ccccc2-c2c[c-]c(-c3ccccn3)cc21.[Ir]. The molecule has 3 nitrogen and oxygen atoms in total. The van der Waals surface area contributed by atoms with Crippen molar-refractivity contribution in [3.05, 3.63) is 89.8 Å². The predicted molar refractivity (Wildman–Crippen MR) is 142 cm³/mol. The van der Waals surface area contributed by atoms with Gasteiger partial charge in [0.05, 0.1) is 11.9 Å². The molecule has 0 aliphatic heterocycles. The van der Waals surface area contributed by atoms with E-state index >= 15 is 0 Å². The quantitative estimate of drug-likeness (QED) is 0.192. The van der Waals surface area contributed by atoms with E-state index in [4.69, 9.17) is 10.2 Å². The molecule has 4 rings (SSSR count). The van der Waals surface area contributed by atoms with Crippen molar-refractivity contribution in [1.29, 1.82) is 0 Å². The van der Waals surface area contributed by atoms with Crippen molar-refractivity contribution < 1.29 is 30.3 Å². The Balaban J connectivity index is 0.000000476.